The van der Waals surface area contributed by atoms with Crippen LogP contribution in [-0.2, 0) is 4.79 Å². The van der Waals surface area contributed by atoms with E-state index in [2.05, 4.69) is 17.6 Å². The van der Waals surface area contributed by atoms with E-state index in [1.807, 2.05) is 13.8 Å². The molecule has 0 aromatic rings. The maximum atomic E-state index is 11.4. The third-order valence-electron chi connectivity index (χ3n) is 3.06. The van der Waals surface area contributed by atoms with E-state index in [4.69, 9.17) is 0 Å². The van der Waals surface area contributed by atoms with Gasteiger partial charge in [-0.25, -0.2) is 0 Å². The van der Waals surface area contributed by atoms with Gasteiger partial charge in [-0.05, 0) is 24.7 Å². The van der Waals surface area contributed by atoms with E-state index in [1.54, 1.807) is 0 Å². The van der Waals surface area contributed by atoms with E-state index >= 15 is 0 Å². The van der Waals surface area contributed by atoms with E-state index in [0.29, 0.717) is 18.5 Å². The average Bonchev–Trinajstić information content (AvgIpc) is 2.58. The predicted octanol–water partition coefficient (Wildman–Crippen LogP) is 1.54. The van der Waals surface area contributed by atoms with Crippen LogP contribution in [0.5, 0.6) is 0 Å². The highest BCUT2D eigenvalue weighted by molar-refractivity contribution is 5.77. The highest BCUT2D eigenvalue weighted by Gasteiger charge is 2.21. The minimum absolute atomic E-state index is 0.128. The van der Waals surface area contributed by atoms with E-state index in [0.717, 1.165) is 12.5 Å². The molecule has 1 aliphatic rings. The molecule has 1 fully saturated rings. The van der Waals surface area contributed by atoms with Crippen LogP contribution in [0.3, 0.4) is 0 Å². The van der Waals surface area contributed by atoms with E-state index in [9.17, 15) is 4.79 Å². The Hall–Kier alpha value is -0.570. The molecule has 1 rings (SSSR count). The fourth-order valence-corrected chi connectivity index (χ4v) is 2.13. The van der Waals surface area contributed by atoms with Gasteiger partial charge in [0, 0.05) is 12.6 Å². The molecule has 15 heavy (non-hydrogen) atoms. The first-order chi connectivity index (χ1) is 7.08. The zero-order valence-corrected chi connectivity index (χ0v) is 10.2. The van der Waals surface area contributed by atoms with Gasteiger partial charge in [0.2, 0.25) is 5.91 Å². The van der Waals surface area contributed by atoms with Crippen molar-refractivity contribution in [3.05, 3.63) is 0 Å². The summed E-state index contributed by atoms with van der Waals surface area (Å²) >= 11 is 0. The first kappa shape index (κ1) is 12.5. The van der Waals surface area contributed by atoms with Crippen molar-refractivity contribution in [2.24, 2.45) is 11.8 Å². The highest BCUT2D eigenvalue weighted by Crippen LogP contribution is 2.29. The molecule has 0 aromatic heterocycles. The first-order valence-electron chi connectivity index (χ1n) is 6.08. The zero-order chi connectivity index (χ0) is 11.3. The molecule has 1 aliphatic carbocycles. The van der Waals surface area contributed by atoms with Crippen molar-refractivity contribution < 1.29 is 4.79 Å². The summed E-state index contributed by atoms with van der Waals surface area (Å²) in [6, 6.07) is 0.377. The number of carbonyl (C=O) groups is 1. The quantitative estimate of drug-likeness (QED) is 0.726. The van der Waals surface area contributed by atoms with Gasteiger partial charge in [-0.1, -0.05) is 27.2 Å². The zero-order valence-electron chi connectivity index (χ0n) is 10.2. The molecule has 2 N–H and O–H groups in total. The standard InChI is InChI=1S/C12H24N2O/c1-9(2)13-8-12(15)14-7-11-5-4-10(3)6-11/h9-11,13H,4-8H2,1-3H3,(H,14,15). The van der Waals surface area contributed by atoms with Crippen LogP contribution in [0.2, 0.25) is 0 Å². The summed E-state index contributed by atoms with van der Waals surface area (Å²) in [6.07, 6.45) is 3.88. The molecular weight excluding hydrogens is 188 g/mol. The van der Waals surface area contributed by atoms with Crippen molar-refractivity contribution in [3.8, 4) is 0 Å². The second-order valence-corrected chi connectivity index (χ2v) is 5.12. The Labute approximate surface area is 93.0 Å². The Kier molecular flexibility index (Phi) is 5.09. The molecule has 1 amide bonds. The molecule has 0 saturated heterocycles. The fourth-order valence-electron chi connectivity index (χ4n) is 2.13. The number of hydrogen-bond acceptors (Lipinski definition) is 2. The lowest BCUT2D eigenvalue weighted by Gasteiger charge is -2.12. The van der Waals surface area contributed by atoms with Crippen LogP contribution < -0.4 is 10.6 Å². The van der Waals surface area contributed by atoms with Crippen molar-refractivity contribution in [1.29, 1.82) is 0 Å². The molecule has 3 nitrogen and oxygen atoms in total. The second kappa shape index (κ2) is 6.11. The van der Waals surface area contributed by atoms with Crippen molar-refractivity contribution in [1.82, 2.24) is 10.6 Å². The Balaban J connectivity index is 2.06. The van der Waals surface area contributed by atoms with Crippen LogP contribution in [0, 0.1) is 11.8 Å². The van der Waals surface area contributed by atoms with Crippen LogP contribution in [0.4, 0.5) is 0 Å². The molecule has 0 spiro atoms. The third-order valence-corrected chi connectivity index (χ3v) is 3.06. The van der Waals surface area contributed by atoms with Crippen LogP contribution in [0.1, 0.15) is 40.0 Å². The van der Waals surface area contributed by atoms with Crippen molar-refractivity contribution >= 4 is 5.91 Å². The topological polar surface area (TPSA) is 41.1 Å². The summed E-state index contributed by atoms with van der Waals surface area (Å²) in [6.45, 7) is 7.70. The molecule has 0 bridgehead atoms. The number of rotatable bonds is 5. The minimum Gasteiger partial charge on any atom is -0.355 e. The molecule has 0 heterocycles. The Morgan fingerprint density at radius 3 is 2.67 bits per heavy atom. The van der Waals surface area contributed by atoms with Gasteiger partial charge in [0.25, 0.3) is 0 Å². The monoisotopic (exact) mass is 212 g/mol. The molecule has 0 aromatic carbocycles. The summed E-state index contributed by atoms with van der Waals surface area (Å²) in [5.74, 6) is 1.69. The first-order valence-corrected chi connectivity index (χ1v) is 6.08. The molecule has 2 unspecified atom stereocenters. The van der Waals surface area contributed by atoms with Crippen molar-refractivity contribution in [2.75, 3.05) is 13.1 Å². The summed E-state index contributed by atoms with van der Waals surface area (Å²) in [5.41, 5.74) is 0. The Bertz CT molecular complexity index is 204. The lowest BCUT2D eigenvalue weighted by atomic mass is 10.1. The predicted molar refractivity (Wildman–Crippen MR) is 62.7 cm³/mol. The second-order valence-electron chi connectivity index (χ2n) is 5.12. The van der Waals surface area contributed by atoms with Gasteiger partial charge in [-0.2, -0.15) is 0 Å². The van der Waals surface area contributed by atoms with E-state index in [1.165, 1.54) is 19.3 Å². The van der Waals surface area contributed by atoms with Gasteiger partial charge >= 0.3 is 0 Å². The van der Waals surface area contributed by atoms with Crippen molar-refractivity contribution in [2.45, 2.75) is 46.1 Å². The lowest BCUT2D eigenvalue weighted by molar-refractivity contribution is -0.120. The highest BCUT2D eigenvalue weighted by atomic mass is 16.1. The van der Waals surface area contributed by atoms with E-state index in [-0.39, 0.29) is 5.91 Å². The van der Waals surface area contributed by atoms with E-state index < -0.39 is 0 Å². The van der Waals surface area contributed by atoms with Crippen LogP contribution in [0.15, 0.2) is 0 Å². The van der Waals surface area contributed by atoms with Gasteiger partial charge in [-0.15, -0.1) is 0 Å². The molecule has 0 aliphatic heterocycles. The fraction of sp³-hybridized carbons (Fsp3) is 0.917. The maximum absolute atomic E-state index is 11.4. The largest absolute Gasteiger partial charge is 0.355 e. The molecule has 0 radical (unpaired) electrons. The van der Waals surface area contributed by atoms with Crippen LogP contribution in [0.25, 0.3) is 0 Å². The minimum atomic E-state index is 0.128. The summed E-state index contributed by atoms with van der Waals surface area (Å²) in [4.78, 5) is 11.4. The third kappa shape index (κ3) is 5.17. The average molecular weight is 212 g/mol. The Morgan fingerprint density at radius 2 is 2.13 bits per heavy atom. The normalized spacial score (nSPS) is 25.9. The number of nitrogens with one attached hydrogen (secondary N) is 2. The van der Waals surface area contributed by atoms with Crippen LogP contribution >= 0.6 is 0 Å². The van der Waals surface area contributed by atoms with Gasteiger partial charge < -0.3 is 10.6 Å². The number of hydrogen-bond donors (Lipinski definition) is 2. The summed E-state index contributed by atoms with van der Waals surface area (Å²) in [5, 5.41) is 6.12. The molecular formula is C12H24N2O. The van der Waals surface area contributed by atoms with Crippen LogP contribution in [-0.4, -0.2) is 25.0 Å². The number of carbonyl (C=O) groups excluding carboxylic acids is 1. The van der Waals surface area contributed by atoms with Gasteiger partial charge in [0.1, 0.15) is 0 Å². The molecule has 88 valence electrons. The molecule has 1 saturated carbocycles. The van der Waals surface area contributed by atoms with Gasteiger partial charge in [0.05, 0.1) is 6.54 Å². The number of amides is 1. The maximum Gasteiger partial charge on any atom is 0.233 e. The summed E-state index contributed by atoms with van der Waals surface area (Å²) in [7, 11) is 0. The summed E-state index contributed by atoms with van der Waals surface area (Å²) < 4.78 is 0. The molecule has 3 heteroatoms. The van der Waals surface area contributed by atoms with Gasteiger partial charge in [0.15, 0.2) is 0 Å². The lowest BCUT2D eigenvalue weighted by Crippen LogP contribution is -2.38. The SMILES string of the molecule is CC1CCC(CNC(=O)CNC(C)C)C1. The Morgan fingerprint density at radius 1 is 1.40 bits per heavy atom. The van der Waals surface area contributed by atoms with Crippen molar-refractivity contribution in [3.63, 3.8) is 0 Å². The molecule has 2 atom stereocenters. The van der Waals surface area contributed by atoms with Gasteiger partial charge in [-0.3, -0.25) is 4.79 Å². The smallest absolute Gasteiger partial charge is 0.233 e.